The number of hydrogen-bond acceptors (Lipinski definition) is 2. The molecule has 2 N–H and O–H groups in total. The van der Waals surface area contributed by atoms with E-state index in [0.717, 1.165) is 13.0 Å². The molecule has 17 heavy (non-hydrogen) atoms. The maximum absolute atomic E-state index is 12.4. The quantitative estimate of drug-likeness (QED) is 0.790. The van der Waals surface area contributed by atoms with Gasteiger partial charge in [0.15, 0.2) is 0 Å². The number of carbonyl (C=O) groups excluding carboxylic acids is 1. The molecule has 1 heterocycles. The van der Waals surface area contributed by atoms with Gasteiger partial charge in [-0.25, -0.2) is 0 Å². The molecule has 1 atom stereocenters. The third kappa shape index (κ3) is 2.82. The van der Waals surface area contributed by atoms with Crippen molar-refractivity contribution in [3.05, 3.63) is 0 Å². The maximum Gasteiger partial charge on any atom is 0.238 e. The van der Waals surface area contributed by atoms with Crippen molar-refractivity contribution in [1.82, 2.24) is 10.6 Å². The summed E-state index contributed by atoms with van der Waals surface area (Å²) in [6, 6.07) is -0.0331. The summed E-state index contributed by atoms with van der Waals surface area (Å²) >= 11 is 0. The molecule has 3 heteroatoms. The third-order valence-corrected chi connectivity index (χ3v) is 4.43. The highest BCUT2D eigenvalue weighted by Crippen LogP contribution is 2.39. The Morgan fingerprint density at radius 3 is 2.53 bits per heavy atom. The first-order chi connectivity index (χ1) is 7.83. The number of nitrogens with one attached hydrogen (secondary N) is 2. The van der Waals surface area contributed by atoms with Crippen LogP contribution >= 0.6 is 0 Å². The van der Waals surface area contributed by atoms with E-state index in [-0.39, 0.29) is 22.9 Å². The molecule has 98 valence electrons. The summed E-state index contributed by atoms with van der Waals surface area (Å²) in [5.74, 6) is 0.866. The molecule has 0 aromatic heterocycles. The number of amides is 1. The summed E-state index contributed by atoms with van der Waals surface area (Å²) in [5.41, 5.74) is 0.0360. The molecule has 1 aliphatic carbocycles. The molecule has 0 aromatic carbocycles. The van der Waals surface area contributed by atoms with Gasteiger partial charge in [-0.2, -0.15) is 0 Å². The SMILES string of the molecule is CC1(C)CCCNC1C(=O)NC(C)(C)C1CC1. The molecule has 1 saturated carbocycles. The molecule has 1 amide bonds. The van der Waals surface area contributed by atoms with Crippen LogP contribution in [0.15, 0.2) is 0 Å². The zero-order valence-corrected chi connectivity index (χ0v) is 11.6. The van der Waals surface area contributed by atoms with Gasteiger partial charge in [-0.15, -0.1) is 0 Å². The second-order valence-electron chi connectivity index (χ2n) is 6.96. The fraction of sp³-hybridized carbons (Fsp3) is 0.929. The smallest absolute Gasteiger partial charge is 0.238 e. The Morgan fingerprint density at radius 1 is 1.35 bits per heavy atom. The van der Waals surface area contributed by atoms with Crippen LogP contribution in [0.1, 0.15) is 53.4 Å². The Hall–Kier alpha value is -0.570. The molecule has 1 unspecified atom stereocenters. The van der Waals surface area contributed by atoms with E-state index in [4.69, 9.17) is 0 Å². The Morgan fingerprint density at radius 2 is 2.00 bits per heavy atom. The maximum atomic E-state index is 12.4. The molecular formula is C14H26N2O. The molecule has 0 aromatic rings. The van der Waals surface area contributed by atoms with Crippen molar-refractivity contribution in [2.45, 2.75) is 65.0 Å². The number of rotatable bonds is 3. The minimum absolute atomic E-state index is 0.0331. The Bertz CT molecular complexity index is 305. The summed E-state index contributed by atoms with van der Waals surface area (Å²) in [5, 5.41) is 6.62. The van der Waals surface area contributed by atoms with E-state index in [2.05, 4.69) is 38.3 Å². The molecule has 2 rings (SSSR count). The first-order valence-electron chi connectivity index (χ1n) is 6.88. The van der Waals surface area contributed by atoms with Crippen LogP contribution in [-0.4, -0.2) is 24.0 Å². The highest BCUT2D eigenvalue weighted by atomic mass is 16.2. The van der Waals surface area contributed by atoms with Crippen molar-refractivity contribution >= 4 is 5.91 Å². The normalized spacial score (nSPS) is 28.8. The molecule has 0 bridgehead atoms. The lowest BCUT2D eigenvalue weighted by molar-refractivity contribution is -0.128. The first-order valence-corrected chi connectivity index (χ1v) is 6.88. The van der Waals surface area contributed by atoms with E-state index >= 15 is 0 Å². The molecule has 0 spiro atoms. The largest absolute Gasteiger partial charge is 0.350 e. The Balaban J connectivity index is 1.99. The minimum atomic E-state index is -0.0354. The van der Waals surface area contributed by atoms with Gasteiger partial charge in [0.25, 0.3) is 0 Å². The van der Waals surface area contributed by atoms with Crippen LogP contribution in [0.3, 0.4) is 0 Å². The molecule has 2 fully saturated rings. The van der Waals surface area contributed by atoms with Crippen molar-refractivity contribution in [3.8, 4) is 0 Å². The summed E-state index contributed by atoms with van der Waals surface area (Å²) in [6.07, 6.45) is 4.81. The number of carbonyl (C=O) groups is 1. The molecule has 3 nitrogen and oxygen atoms in total. The van der Waals surface area contributed by atoms with E-state index < -0.39 is 0 Å². The van der Waals surface area contributed by atoms with Gasteiger partial charge in [0.05, 0.1) is 6.04 Å². The summed E-state index contributed by atoms with van der Waals surface area (Å²) < 4.78 is 0. The second-order valence-corrected chi connectivity index (χ2v) is 6.96. The van der Waals surface area contributed by atoms with Crippen molar-refractivity contribution in [2.75, 3.05) is 6.54 Å². The van der Waals surface area contributed by atoms with Gasteiger partial charge in [0.1, 0.15) is 0 Å². The van der Waals surface area contributed by atoms with Crippen molar-refractivity contribution in [3.63, 3.8) is 0 Å². The van der Waals surface area contributed by atoms with E-state index in [1.54, 1.807) is 0 Å². The van der Waals surface area contributed by atoms with Crippen LogP contribution in [0.5, 0.6) is 0 Å². The van der Waals surface area contributed by atoms with E-state index in [9.17, 15) is 4.79 Å². The Kier molecular flexibility index (Phi) is 3.23. The highest BCUT2D eigenvalue weighted by Gasteiger charge is 2.43. The molecule has 0 radical (unpaired) electrons. The average Bonchev–Trinajstić information content (AvgIpc) is 2.98. The Labute approximate surface area is 105 Å². The van der Waals surface area contributed by atoms with Gasteiger partial charge in [-0.3, -0.25) is 4.79 Å². The van der Waals surface area contributed by atoms with Gasteiger partial charge in [-0.1, -0.05) is 13.8 Å². The number of piperidine rings is 1. The standard InChI is InChI=1S/C14H26N2O/c1-13(2)8-5-9-15-11(13)12(17)16-14(3,4)10-6-7-10/h10-11,15H,5-9H2,1-4H3,(H,16,17). The minimum Gasteiger partial charge on any atom is -0.350 e. The average molecular weight is 238 g/mol. The van der Waals surface area contributed by atoms with E-state index in [1.165, 1.54) is 19.3 Å². The summed E-state index contributed by atoms with van der Waals surface area (Å²) in [6.45, 7) is 9.64. The lowest BCUT2D eigenvalue weighted by Crippen LogP contribution is -2.59. The van der Waals surface area contributed by atoms with Crippen LogP contribution in [0, 0.1) is 11.3 Å². The predicted octanol–water partition coefficient (Wildman–Crippen LogP) is 2.07. The summed E-state index contributed by atoms with van der Waals surface area (Å²) in [4.78, 5) is 12.4. The fourth-order valence-corrected chi connectivity index (χ4v) is 2.96. The predicted molar refractivity (Wildman–Crippen MR) is 69.8 cm³/mol. The van der Waals surface area contributed by atoms with Crippen molar-refractivity contribution < 1.29 is 4.79 Å². The molecular weight excluding hydrogens is 212 g/mol. The zero-order valence-electron chi connectivity index (χ0n) is 11.6. The van der Waals surface area contributed by atoms with Gasteiger partial charge in [0.2, 0.25) is 5.91 Å². The van der Waals surface area contributed by atoms with Crippen LogP contribution in [0.4, 0.5) is 0 Å². The van der Waals surface area contributed by atoms with E-state index in [0.29, 0.717) is 5.92 Å². The lowest BCUT2D eigenvalue weighted by Gasteiger charge is -2.40. The number of hydrogen-bond donors (Lipinski definition) is 2. The van der Waals surface area contributed by atoms with Gasteiger partial charge in [-0.05, 0) is 57.4 Å². The van der Waals surface area contributed by atoms with Crippen molar-refractivity contribution in [1.29, 1.82) is 0 Å². The molecule has 1 saturated heterocycles. The monoisotopic (exact) mass is 238 g/mol. The second kappa shape index (κ2) is 4.27. The fourth-order valence-electron chi connectivity index (χ4n) is 2.96. The van der Waals surface area contributed by atoms with Crippen LogP contribution < -0.4 is 10.6 Å². The van der Waals surface area contributed by atoms with Gasteiger partial charge < -0.3 is 10.6 Å². The summed E-state index contributed by atoms with van der Waals surface area (Å²) in [7, 11) is 0. The van der Waals surface area contributed by atoms with Gasteiger partial charge >= 0.3 is 0 Å². The zero-order chi connectivity index (χ0) is 12.7. The van der Waals surface area contributed by atoms with Crippen LogP contribution in [-0.2, 0) is 4.79 Å². The lowest BCUT2D eigenvalue weighted by atomic mass is 9.77. The van der Waals surface area contributed by atoms with E-state index in [1.807, 2.05) is 0 Å². The van der Waals surface area contributed by atoms with Gasteiger partial charge in [0, 0.05) is 5.54 Å². The van der Waals surface area contributed by atoms with Crippen LogP contribution in [0.2, 0.25) is 0 Å². The molecule has 1 aliphatic heterocycles. The van der Waals surface area contributed by atoms with Crippen molar-refractivity contribution in [2.24, 2.45) is 11.3 Å². The highest BCUT2D eigenvalue weighted by molar-refractivity contribution is 5.83. The molecule has 2 aliphatic rings. The first kappa shape index (κ1) is 12.9. The topological polar surface area (TPSA) is 41.1 Å². The third-order valence-electron chi connectivity index (χ3n) is 4.43. The van der Waals surface area contributed by atoms with Crippen LogP contribution in [0.25, 0.3) is 0 Å².